The lowest BCUT2D eigenvalue weighted by molar-refractivity contribution is 0.477. The van der Waals surface area contributed by atoms with E-state index >= 15 is 0 Å². The SMILES string of the molecule is C=CCNc1nc(-c2ccc(S(=O)(=O)N3CCCC3)cc2)cs1. The molecule has 1 fully saturated rings. The van der Waals surface area contributed by atoms with Crippen molar-refractivity contribution in [1.82, 2.24) is 9.29 Å². The van der Waals surface area contributed by atoms with Crippen molar-refractivity contribution in [2.24, 2.45) is 0 Å². The Hall–Kier alpha value is -1.70. The Morgan fingerprint density at radius 2 is 1.96 bits per heavy atom. The number of anilines is 1. The van der Waals surface area contributed by atoms with Crippen LogP contribution in [0, 0.1) is 0 Å². The molecule has 1 aliphatic rings. The van der Waals surface area contributed by atoms with E-state index in [0.29, 0.717) is 24.5 Å². The van der Waals surface area contributed by atoms with E-state index < -0.39 is 10.0 Å². The zero-order valence-electron chi connectivity index (χ0n) is 12.7. The maximum Gasteiger partial charge on any atom is 0.243 e. The minimum absolute atomic E-state index is 0.350. The zero-order chi connectivity index (χ0) is 16.3. The Morgan fingerprint density at radius 1 is 1.26 bits per heavy atom. The highest BCUT2D eigenvalue weighted by Crippen LogP contribution is 2.27. The number of hydrogen-bond donors (Lipinski definition) is 1. The van der Waals surface area contributed by atoms with Gasteiger partial charge in [-0.25, -0.2) is 13.4 Å². The van der Waals surface area contributed by atoms with Crippen LogP contribution in [-0.2, 0) is 10.0 Å². The van der Waals surface area contributed by atoms with E-state index in [1.54, 1.807) is 22.5 Å². The molecule has 1 aromatic heterocycles. The predicted octanol–water partition coefficient (Wildman–Crippen LogP) is 3.19. The highest BCUT2D eigenvalue weighted by atomic mass is 32.2. The number of hydrogen-bond acceptors (Lipinski definition) is 5. The summed E-state index contributed by atoms with van der Waals surface area (Å²) in [6, 6.07) is 6.96. The van der Waals surface area contributed by atoms with Crippen LogP contribution in [0.5, 0.6) is 0 Å². The quantitative estimate of drug-likeness (QED) is 0.814. The zero-order valence-corrected chi connectivity index (χ0v) is 14.4. The minimum atomic E-state index is -3.35. The lowest BCUT2D eigenvalue weighted by Crippen LogP contribution is -2.27. The second-order valence-electron chi connectivity index (χ2n) is 5.34. The van der Waals surface area contributed by atoms with Crippen molar-refractivity contribution < 1.29 is 8.42 Å². The number of rotatable bonds is 6. The van der Waals surface area contributed by atoms with Gasteiger partial charge < -0.3 is 5.32 Å². The fourth-order valence-corrected chi connectivity index (χ4v) is 4.77. The Morgan fingerprint density at radius 3 is 2.61 bits per heavy atom. The van der Waals surface area contributed by atoms with Crippen LogP contribution in [0.25, 0.3) is 11.3 Å². The second-order valence-corrected chi connectivity index (χ2v) is 8.14. The molecule has 0 saturated carbocycles. The molecule has 1 aromatic carbocycles. The third-order valence-corrected chi connectivity index (χ3v) is 6.47. The van der Waals surface area contributed by atoms with Crippen LogP contribution in [0.15, 0.2) is 47.2 Å². The molecule has 7 heteroatoms. The largest absolute Gasteiger partial charge is 0.358 e. The summed E-state index contributed by atoms with van der Waals surface area (Å²) >= 11 is 1.52. The Labute approximate surface area is 140 Å². The van der Waals surface area contributed by atoms with E-state index in [2.05, 4.69) is 16.9 Å². The molecule has 0 radical (unpaired) electrons. The molecule has 1 aliphatic heterocycles. The summed E-state index contributed by atoms with van der Waals surface area (Å²) in [6.07, 6.45) is 3.66. The standard InChI is InChI=1S/C16H19N3O2S2/c1-2-9-17-16-18-15(12-22-16)13-5-7-14(8-6-13)23(20,21)19-10-3-4-11-19/h2,5-8,12H,1,3-4,9-11H2,(H,17,18). The van der Waals surface area contributed by atoms with Crippen molar-refractivity contribution in [3.05, 3.63) is 42.3 Å². The van der Waals surface area contributed by atoms with Crippen molar-refractivity contribution in [3.8, 4) is 11.3 Å². The highest BCUT2D eigenvalue weighted by Gasteiger charge is 2.26. The van der Waals surface area contributed by atoms with Crippen molar-refractivity contribution >= 4 is 26.5 Å². The molecule has 23 heavy (non-hydrogen) atoms. The van der Waals surface area contributed by atoms with Gasteiger partial charge >= 0.3 is 0 Å². The van der Waals surface area contributed by atoms with Crippen molar-refractivity contribution in [2.45, 2.75) is 17.7 Å². The number of nitrogens with zero attached hydrogens (tertiary/aromatic N) is 2. The van der Waals surface area contributed by atoms with Gasteiger partial charge in [-0.05, 0) is 25.0 Å². The summed E-state index contributed by atoms with van der Waals surface area (Å²) in [5, 5.41) is 5.93. The average molecular weight is 349 g/mol. The summed E-state index contributed by atoms with van der Waals surface area (Å²) in [4.78, 5) is 4.84. The lowest BCUT2D eigenvalue weighted by Gasteiger charge is -2.15. The van der Waals surface area contributed by atoms with Gasteiger partial charge in [-0.15, -0.1) is 17.9 Å². The molecule has 0 aliphatic carbocycles. The molecule has 5 nitrogen and oxygen atoms in total. The molecule has 1 N–H and O–H groups in total. The number of aromatic nitrogens is 1. The van der Waals surface area contributed by atoms with Gasteiger partial charge in [0.05, 0.1) is 10.6 Å². The van der Waals surface area contributed by atoms with Crippen LogP contribution in [0.4, 0.5) is 5.13 Å². The monoisotopic (exact) mass is 349 g/mol. The van der Waals surface area contributed by atoms with Crippen LogP contribution < -0.4 is 5.32 Å². The smallest absolute Gasteiger partial charge is 0.243 e. The van der Waals surface area contributed by atoms with E-state index in [0.717, 1.165) is 29.2 Å². The molecule has 0 amide bonds. The van der Waals surface area contributed by atoms with Gasteiger partial charge in [-0.2, -0.15) is 4.31 Å². The summed E-state index contributed by atoms with van der Waals surface area (Å²) in [7, 11) is -3.35. The molecular weight excluding hydrogens is 330 g/mol. The highest BCUT2D eigenvalue weighted by molar-refractivity contribution is 7.89. The molecule has 0 atom stereocenters. The van der Waals surface area contributed by atoms with Crippen LogP contribution in [0.3, 0.4) is 0 Å². The van der Waals surface area contributed by atoms with Gasteiger partial charge in [0.1, 0.15) is 0 Å². The topological polar surface area (TPSA) is 62.3 Å². The van der Waals surface area contributed by atoms with Crippen LogP contribution in [0.1, 0.15) is 12.8 Å². The van der Waals surface area contributed by atoms with Crippen molar-refractivity contribution in [3.63, 3.8) is 0 Å². The minimum Gasteiger partial charge on any atom is -0.358 e. The fourth-order valence-electron chi connectivity index (χ4n) is 2.52. The molecule has 3 rings (SSSR count). The van der Waals surface area contributed by atoms with Gasteiger partial charge in [0, 0.05) is 30.6 Å². The number of benzene rings is 1. The van der Waals surface area contributed by atoms with E-state index in [-0.39, 0.29) is 0 Å². The number of sulfonamides is 1. The van der Waals surface area contributed by atoms with E-state index in [1.165, 1.54) is 11.3 Å². The molecule has 0 unspecified atom stereocenters. The van der Waals surface area contributed by atoms with E-state index in [4.69, 9.17) is 0 Å². The average Bonchev–Trinajstić information content (AvgIpc) is 3.25. The van der Waals surface area contributed by atoms with Crippen molar-refractivity contribution in [1.29, 1.82) is 0 Å². The van der Waals surface area contributed by atoms with Gasteiger partial charge in [0.15, 0.2) is 5.13 Å². The van der Waals surface area contributed by atoms with Crippen molar-refractivity contribution in [2.75, 3.05) is 25.0 Å². The molecule has 0 spiro atoms. The first-order valence-electron chi connectivity index (χ1n) is 7.52. The number of thiazole rings is 1. The third kappa shape index (κ3) is 3.46. The van der Waals surface area contributed by atoms with E-state index in [9.17, 15) is 8.42 Å². The van der Waals surface area contributed by atoms with Crippen LogP contribution >= 0.6 is 11.3 Å². The molecule has 122 valence electrons. The summed E-state index contributed by atoms with van der Waals surface area (Å²) in [6.45, 7) is 5.57. The normalized spacial score (nSPS) is 15.7. The maximum absolute atomic E-state index is 12.5. The molecule has 1 saturated heterocycles. The van der Waals surface area contributed by atoms with Gasteiger partial charge in [-0.3, -0.25) is 0 Å². The molecule has 2 heterocycles. The third-order valence-electron chi connectivity index (χ3n) is 3.75. The Balaban J connectivity index is 1.79. The second kappa shape index (κ2) is 6.82. The number of nitrogens with one attached hydrogen (secondary N) is 1. The van der Waals surface area contributed by atoms with E-state index in [1.807, 2.05) is 17.5 Å². The predicted molar refractivity (Wildman–Crippen MR) is 94.2 cm³/mol. The lowest BCUT2D eigenvalue weighted by atomic mass is 10.2. The Kier molecular flexibility index (Phi) is 4.79. The first-order valence-corrected chi connectivity index (χ1v) is 9.84. The summed E-state index contributed by atoms with van der Waals surface area (Å²) < 4.78 is 26.6. The van der Waals surface area contributed by atoms with Crippen LogP contribution in [-0.4, -0.2) is 37.3 Å². The molecule has 0 bridgehead atoms. The first kappa shape index (κ1) is 16.2. The molecule has 2 aromatic rings. The first-order chi connectivity index (χ1) is 11.1. The van der Waals surface area contributed by atoms with Gasteiger partial charge in [0.2, 0.25) is 10.0 Å². The Bertz CT molecular complexity index is 776. The maximum atomic E-state index is 12.5. The summed E-state index contributed by atoms with van der Waals surface area (Å²) in [5.74, 6) is 0. The van der Waals surface area contributed by atoms with Gasteiger partial charge in [0.25, 0.3) is 0 Å². The fraction of sp³-hybridized carbons (Fsp3) is 0.312. The summed E-state index contributed by atoms with van der Waals surface area (Å²) in [5.41, 5.74) is 1.75. The molecular formula is C16H19N3O2S2. The van der Waals surface area contributed by atoms with Crippen LogP contribution in [0.2, 0.25) is 0 Å². The van der Waals surface area contributed by atoms with Gasteiger partial charge in [-0.1, -0.05) is 18.2 Å².